The smallest absolute Gasteiger partial charge is 0.133 e. The van der Waals surface area contributed by atoms with E-state index in [0.717, 1.165) is 37.4 Å². The molecule has 5 nitrogen and oxygen atoms in total. The number of nitrogens with one attached hydrogen (secondary N) is 1. The summed E-state index contributed by atoms with van der Waals surface area (Å²) in [6, 6.07) is 1.85. The average molecular weight is 263 g/mol. The van der Waals surface area contributed by atoms with Crippen molar-refractivity contribution in [3.8, 4) is 5.75 Å². The van der Waals surface area contributed by atoms with E-state index in [0.29, 0.717) is 23.8 Å². The number of nitrogens with two attached hydrogens (primary N) is 1. The van der Waals surface area contributed by atoms with Crippen molar-refractivity contribution in [2.45, 2.75) is 26.7 Å². The van der Waals surface area contributed by atoms with Gasteiger partial charge in [-0.2, -0.15) is 0 Å². The number of nitrogens with zero attached hydrogens (tertiary/aromatic N) is 1. The van der Waals surface area contributed by atoms with Gasteiger partial charge in [-0.25, -0.2) is 0 Å². The van der Waals surface area contributed by atoms with E-state index in [1.165, 1.54) is 0 Å². The molecule has 1 saturated heterocycles. The Morgan fingerprint density at radius 3 is 2.79 bits per heavy atom. The van der Waals surface area contributed by atoms with Crippen LogP contribution in [-0.2, 0) is 4.74 Å². The molecular formula is C14H21N3O2. The summed E-state index contributed by atoms with van der Waals surface area (Å²) in [7, 11) is 0. The minimum atomic E-state index is 0.00646. The van der Waals surface area contributed by atoms with Crippen molar-refractivity contribution >= 4 is 5.84 Å². The molecule has 0 unspecified atom stereocenters. The van der Waals surface area contributed by atoms with Crippen molar-refractivity contribution in [2.75, 3.05) is 19.8 Å². The van der Waals surface area contributed by atoms with E-state index in [4.69, 9.17) is 20.6 Å². The van der Waals surface area contributed by atoms with Crippen molar-refractivity contribution in [3.63, 3.8) is 0 Å². The highest BCUT2D eigenvalue weighted by Gasteiger charge is 2.17. The molecule has 0 bridgehead atoms. The molecule has 0 saturated carbocycles. The lowest BCUT2D eigenvalue weighted by atomic mass is 10.0. The summed E-state index contributed by atoms with van der Waals surface area (Å²) in [6.45, 7) is 6.03. The Labute approximate surface area is 113 Å². The van der Waals surface area contributed by atoms with Crippen molar-refractivity contribution < 1.29 is 9.47 Å². The fraction of sp³-hybridized carbons (Fsp3) is 0.571. The molecule has 19 heavy (non-hydrogen) atoms. The van der Waals surface area contributed by atoms with Crippen molar-refractivity contribution in [1.29, 1.82) is 5.41 Å². The first kappa shape index (κ1) is 13.8. The van der Waals surface area contributed by atoms with E-state index in [-0.39, 0.29) is 5.84 Å². The van der Waals surface area contributed by atoms with Gasteiger partial charge >= 0.3 is 0 Å². The van der Waals surface area contributed by atoms with Crippen LogP contribution in [0.4, 0.5) is 0 Å². The number of pyridine rings is 1. The number of aromatic nitrogens is 1. The first-order valence-corrected chi connectivity index (χ1v) is 6.61. The van der Waals surface area contributed by atoms with Gasteiger partial charge in [-0.15, -0.1) is 0 Å². The van der Waals surface area contributed by atoms with E-state index >= 15 is 0 Å². The quantitative estimate of drug-likeness (QED) is 0.641. The normalized spacial score (nSPS) is 16.3. The van der Waals surface area contributed by atoms with Crippen LogP contribution < -0.4 is 10.5 Å². The number of nitrogen functional groups attached to an aromatic ring is 1. The van der Waals surface area contributed by atoms with Crippen LogP contribution in [0.15, 0.2) is 6.07 Å². The van der Waals surface area contributed by atoms with Gasteiger partial charge in [0.25, 0.3) is 0 Å². The maximum Gasteiger partial charge on any atom is 0.133 e. The number of rotatable bonds is 4. The highest BCUT2D eigenvalue weighted by atomic mass is 16.5. The highest BCUT2D eigenvalue weighted by molar-refractivity contribution is 5.98. The minimum absolute atomic E-state index is 0.00646. The van der Waals surface area contributed by atoms with Crippen LogP contribution in [0.25, 0.3) is 0 Å². The van der Waals surface area contributed by atoms with E-state index in [1.54, 1.807) is 0 Å². The Hall–Kier alpha value is -1.62. The molecule has 0 amide bonds. The second-order valence-corrected chi connectivity index (χ2v) is 5.00. The molecule has 3 N–H and O–H groups in total. The fourth-order valence-electron chi connectivity index (χ4n) is 2.36. The SMILES string of the molecule is Cc1cc(OCC2CCOCC2)c(C(=N)N)c(C)n1. The van der Waals surface area contributed by atoms with Gasteiger partial charge in [0.1, 0.15) is 11.6 Å². The van der Waals surface area contributed by atoms with E-state index < -0.39 is 0 Å². The third-order valence-electron chi connectivity index (χ3n) is 3.38. The van der Waals surface area contributed by atoms with Crippen LogP contribution in [-0.4, -0.2) is 30.6 Å². The first-order chi connectivity index (χ1) is 9.08. The van der Waals surface area contributed by atoms with Gasteiger partial charge in [-0.05, 0) is 32.6 Å². The Kier molecular flexibility index (Phi) is 4.37. The van der Waals surface area contributed by atoms with Gasteiger partial charge in [0.2, 0.25) is 0 Å². The number of hydrogen-bond donors (Lipinski definition) is 2. The first-order valence-electron chi connectivity index (χ1n) is 6.61. The minimum Gasteiger partial charge on any atom is -0.492 e. The van der Waals surface area contributed by atoms with Crippen LogP contribution >= 0.6 is 0 Å². The molecule has 0 atom stereocenters. The van der Waals surface area contributed by atoms with Gasteiger partial charge in [0.05, 0.1) is 17.9 Å². The third kappa shape index (κ3) is 3.44. The van der Waals surface area contributed by atoms with Gasteiger partial charge in [-0.3, -0.25) is 10.4 Å². The third-order valence-corrected chi connectivity index (χ3v) is 3.38. The molecule has 0 aliphatic carbocycles. The predicted molar refractivity (Wildman–Crippen MR) is 73.8 cm³/mol. The zero-order chi connectivity index (χ0) is 13.8. The molecule has 0 radical (unpaired) electrons. The summed E-state index contributed by atoms with van der Waals surface area (Å²) < 4.78 is 11.2. The lowest BCUT2D eigenvalue weighted by molar-refractivity contribution is 0.0497. The summed E-state index contributed by atoms with van der Waals surface area (Å²) in [5.74, 6) is 1.19. The lowest BCUT2D eigenvalue weighted by Crippen LogP contribution is -2.23. The average Bonchev–Trinajstić information content (AvgIpc) is 2.36. The van der Waals surface area contributed by atoms with Crippen LogP contribution in [0.5, 0.6) is 5.75 Å². The van der Waals surface area contributed by atoms with E-state index in [1.807, 2.05) is 19.9 Å². The summed E-state index contributed by atoms with van der Waals surface area (Å²) in [5, 5.41) is 7.65. The number of amidine groups is 1. The standard InChI is InChI=1S/C14H21N3O2/c1-9-7-12(13(14(15)16)10(2)17-9)19-8-11-3-5-18-6-4-11/h7,11H,3-6,8H2,1-2H3,(H3,15,16). The zero-order valence-electron chi connectivity index (χ0n) is 11.5. The maximum atomic E-state index is 7.65. The van der Waals surface area contributed by atoms with Crippen LogP contribution in [0.3, 0.4) is 0 Å². The number of hydrogen-bond acceptors (Lipinski definition) is 4. The zero-order valence-corrected chi connectivity index (χ0v) is 11.5. The van der Waals surface area contributed by atoms with Crippen LogP contribution in [0.2, 0.25) is 0 Å². The van der Waals surface area contributed by atoms with Crippen molar-refractivity contribution in [3.05, 3.63) is 23.0 Å². The second kappa shape index (κ2) is 6.02. The van der Waals surface area contributed by atoms with Gasteiger partial charge in [0, 0.05) is 25.0 Å². The molecule has 2 rings (SSSR count). The van der Waals surface area contributed by atoms with E-state index in [9.17, 15) is 0 Å². The molecule has 1 aromatic rings. The molecule has 104 valence electrons. The van der Waals surface area contributed by atoms with Crippen LogP contribution in [0.1, 0.15) is 29.8 Å². The second-order valence-electron chi connectivity index (χ2n) is 5.00. The monoisotopic (exact) mass is 263 g/mol. The molecule has 1 aromatic heterocycles. The Morgan fingerprint density at radius 1 is 1.47 bits per heavy atom. The van der Waals surface area contributed by atoms with Gasteiger partial charge < -0.3 is 15.2 Å². The summed E-state index contributed by atoms with van der Waals surface area (Å²) in [5.41, 5.74) is 7.85. The highest BCUT2D eigenvalue weighted by Crippen LogP contribution is 2.24. The summed E-state index contributed by atoms with van der Waals surface area (Å²) in [6.07, 6.45) is 2.05. The molecular weight excluding hydrogens is 242 g/mol. The molecule has 1 aliphatic rings. The molecule has 2 heterocycles. The van der Waals surface area contributed by atoms with E-state index in [2.05, 4.69) is 4.98 Å². The van der Waals surface area contributed by atoms with Crippen molar-refractivity contribution in [1.82, 2.24) is 4.98 Å². The Balaban J connectivity index is 2.12. The fourth-order valence-corrected chi connectivity index (χ4v) is 2.36. The maximum absolute atomic E-state index is 7.65. The van der Waals surface area contributed by atoms with Gasteiger partial charge in [0.15, 0.2) is 0 Å². The molecule has 1 aliphatic heterocycles. The number of ether oxygens (including phenoxy) is 2. The molecule has 0 aromatic carbocycles. The number of aryl methyl sites for hydroxylation is 2. The molecule has 1 fully saturated rings. The molecule has 5 heteroatoms. The Bertz CT molecular complexity index is 468. The topological polar surface area (TPSA) is 81.2 Å². The summed E-state index contributed by atoms with van der Waals surface area (Å²) >= 11 is 0. The Morgan fingerprint density at radius 2 is 2.16 bits per heavy atom. The van der Waals surface area contributed by atoms with Crippen LogP contribution in [0, 0.1) is 25.2 Å². The van der Waals surface area contributed by atoms with Gasteiger partial charge in [-0.1, -0.05) is 0 Å². The van der Waals surface area contributed by atoms with Crippen molar-refractivity contribution in [2.24, 2.45) is 11.7 Å². The predicted octanol–water partition coefficient (Wildman–Crippen LogP) is 1.79. The largest absolute Gasteiger partial charge is 0.492 e. The lowest BCUT2D eigenvalue weighted by Gasteiger charge is -2.23. The molecule has 0 spiro atoms. The summed E-state index contributed by atoms with van der Waals surface area (Å²) in [4.78, 5) is 4.33.